The highest BCUT2D eigenvalue weighted by Gasteiger charge is 2.30. The summed E-state index contributed by atoms with van der Waals surface area (Å²) in [5, 5.41) is 2.90. The first-order valence-corrected chi connectivity index (χ1v) is 6.75. The van der Waals surface area contributed by atoms with Gasteiger partial charge in [0, 0.05) is 16.6 Å². The summed E-state index contributed by atoms with van der Waals surface area (Å²) in [6.07, 6.45) is 0. The predicted molar refractivity (Wildman–Crippen MR) is 85.7 cm³/mol. The number of nitrogens with one attached hydrogen (secondary N) is 1. The van der Waals surface area contributed by atoms with E-state index in [0.717, 1.165) is 10.0 Å². The molecule has 1 aromatic carbocycles. The smallest absolute Gasteiger partial charge is 0.230 e. The van der Waals surface area contributed by atoms with E-state index in [-0.39, 0.29) is 18.3 Å². The molecule has 0 unspecified atom stereocenters. The van der Waals surface area contributed by atoms with Crippen LogP contribution in [-0.2, 0) is 10.2 Å². The Morgan fingerprint density at radius 3 is 2.11 bits per heavy atom. The minimum Gasteiger partial charge on any atom is -0.354 e. The first kappa shape index (κ1) is 18.4. The summed E-state index contributed by atoms with van der Waals surface area (Å²) < 4.78 is 1.01. The van der Waals surface area contributed by atoms with Crippen molar-refractivity contribution in [1.82, 2.24) is 5.32 Å². The summed E-state index contributed by atoms with van der Waals surface area (Å²) in [6.45, 7) is 8.07. The minimum atomic E-state index is -0.564. The van der Waals surface area contributed by atoms with E-state index < -0.39 is 11.0 Å². The van der Waals surface area contributed by atoms with Crippen molar-refractivity contribution in [2.24, 2.45) is 5.73 Å². The highest BCUT2D eigenvalue weighted by atomic mass is 79.9. The average Bonchev–Trinajstić information content (AvgIpc) is 2.25. The molecule has 0 aliphatic heterocycles. The van der Waals surface area contributed by atoms with Gasteiger partial charge in [-0.25, -0.2) is 0 Å². The van der Waals surface area contributed by atoms with Gasteiger partial charge in [0.15, 0.2) is 0 Å². The molecular weight excluding hydrogens is 328 g/mol. The summed E-state index contributed by atoms with van der Waals surface area (Å²) in [6, 6.07) is 7.79. The number of halogens is 2. The zero-order chi connectivity index (χ0) is 14.0. The van der Waals surface area contributed by atoms with Crippen LogP contribution in [0.4, 0.5) is 0 Å². The van der Waals surface area contributed by atoms with Crippen LogP contribution >= 0.6 is 28.3 Å². The van der Waals surface area contributed by atoms with Crippen LogP contribution in [0.2, 0.25) is 0 Å². The third-order valence-electron chi connectivity index (χ3n) is 2.84. The molecule has 0 heterocycles. The first-order valence-electron chi connectivity index (χ1n) is 5.96. The molecule has 1 aromatic rings. The second-order valence-corrected chi connectivity index (χ2v) is 6.72. The number of hydrogen-bond donors (Lipinski definition) is 2. The number of benzene rings is 1. The SMILES string of the molecule is CC(C)(N)CNC(=O)C(C)(C)c1ccc(Br)cc1.Cl. The van der Waals surface area contributed by atoms with E-state index >= 15 is 0 Å². The van der Waals surface area contributed by atoms with Gasteiger partial charge in [0.05, 0.1) is 5.41 Å². The van der Waals surface area contributed by atoms with Gasteiger partial charge in [-0.05, 0) is 45.4 Å². The monoisotopic (exact) mass is 348 g/mol. The summed E-state index contributed by atoms with van der Waals surface area (Å²) in [4.78, 5) is 12.2. The maximum atomic E-state index is 12.2. The van der Waals surface area contributed by atoms with Crippen molar-refractivity contribution in [3.63, 3.8) is 0 Å². The molecule has 5 heteroatoms. The van der Waals surface area contributed by atoms with E-state index in [1.807, 2.05) is 52.0 Å². The minimum absolute atomic E-state index is 0. The molecule has 0 spiro atoms. The largest absolute Gasteiger partial charge is 0.354 e. The molecule has 0 saturated heterocycles. The van der Waals surface area contributed by atoms with Crippen LogP contribution in [0.15, 0.2) is 28.7 Å². The second kappa shape index (κ2) is 6.73. The molecule has 19 heavy (non-hydrogen) atoms. The van der Waals surface area contributed by atoms with E-state index in [4.69, 9.17) is 5.73 Å². The fraction of sp³-hybridized carbons (Fsp3) is 0.500. The lowest BCUT2D eigenvalue weighted by molar-refractivity contribution is -0.125. The molecule has 3 nitrogen and oxygen atoms in total. The van der Waals surface area contributed by atoms with Gasteiger partial charge in [-0.15, -0.1) is 12.4 Å². The predicted octanol–water partition coefficient (Wildman–Crippen LogP) is 3.00. The molecule has 1 amide bonds. The zero-order valence-corrected chi connectivity index (χ0v) is 14.2. The lowest BCUT2D eigenvalue weighted by Gasteiger charge is -2.27. The molecule has 1 rings (SSSR count). The van der Waals surface area contributed by atoms with Gasteiger partial charge < -0.3 is 11.1 Å². The van der Waals surface area contributed by atoms with E-state index in [1.165, 1.54) is 0 Å². The quantitative estimate of drug-likeness (QED) is 0.878. The second-order valence-electron chi connectivity index (χ2n) is 5.80. The maximum Gasteiger partial charge on any atom is 0.230 e. The van der Waals surface area contributed by atoms with Crippen LogP contribution in [0.25, 0.3) is 0 Å². The van der Waals surface area contributed by atoms with E-state index in [9.17, 15) is 4.79 Å². The van der Waals surface area contributed by atoms with Gasteiger partial charge in [0.1, 0.15) is 0 Å². The first-order chi connectivity index (χ1) is 8.13. The van der Waals surface area contributed by atoms with Gasteiger partial charge in [-0.3, -0.25) is 4.79 Å². The third-order valence-corrected chi connectivity index (χ3v) is 3.37. The van der Waals surface area contributed by atoms with Crippen LogP contribution in [0.3, 0.4) is 0 Å². The Balaban J connectivity index is 0.00000324. The van der Waals surface area contributed by atoms with Crippen LogP contribution in [-0.4, -0.2) is 18.0 Å². The van der Waals surface area contributed by atoms with Gasteiger partial charge in [0.2, 0.25) is 5.91 Å². The summed E-state index contributed by atoms with van der Waals surface area (Å²) in [5.41, 5.74) is 5.89. The van der Waals surface area contributed by atoms with Gasteiger partial charge in [-0.2, -0.15) is 0 Å². The lowest BCUT2D eigenvalue weighted by atomic mass is 9.83. The molecule has 0 atom stereocenters. The summed E-state index contributed by atoms with van der Waals surface area (Å²) >= 11 is 3.39. The number of rotatable bonds is 4. The summed E-state index contributed by atoms with van der Waals surface area (Å²) in [7, 11) is 0. The molecule has 0 aliphatic rings. The van der Waals surface area contributed by atoms with Crippen molar-refractivity contribution in [2.75, 3.05) is 6.54 Å². The normalized spacial score (nSPS) is 11.7. The van der Waals surface area contributed by atoms with Crippen LogP contribution < -0.4 is 11.1 Å². The molecule has 0 bridgehead atoms. The highest BCUT2D eigenvalue weighted by molar-refractivity contribution is 9.10. The summed E-state index contributed by atoms with van der Waals surface area (Å²) in [5.74, 6) is -0.0108. The molecule has 108 valence electrons. The molecule has 3 N–H and O–H groups in total. The van der Waals surface area contributed by atoms with Gasteiger partial charge in [0.25, 0.3) is 0 Å². The maximum absolute atomic E-state index is 12.2. The van der Waals surface area contributed by atoms with Crippen molar-refractivity contribution in [3.05, 3.63) is 34.3 Å². The number of amides is 1. The number of nitrogens with two attached hydrogens (primary N) is 1. The van der Waals surface area contributed by atoms with Crippen molar-refractivity contribution in [2.45, 2.75) is 38.6 Å². The molecule has 0 radical (unpaired) electrons. The van der Waals surface area contributed by atoms with E-state index in [0.29, 0.717) is 6.54 Å². The van der Waals surface area contributed by atoms with Crippen LogP contribution in [0, 0.1) is 0 Å². The van der Waals surface area contributed by atoms with Crippen molar-refractivity contribution in [1.29, 1.82) is 0 Å². The fourth-order valence-corrected chi connectivity index (χ4v) is 1.79. The molecule has 0 saturated carbocycles. The molecule has 0 aromatic heterocycles. The fourth-order valence-electron chi connectivity index (χ4n) is 1.53. The Labute approximate surface area is 129 Å². The van der Waals surface area contributed by atoms with Crippen molar-refractivity contribution < 1.29 is 4.79 Å². The molecule has 0 fully saturated rings. The Morgan fingerprint density at radius 2 is 1.68 bits per heavy atom. The molecule has 0 aliphatic carbocycles. The van der Waals surface area contributed by atoms with Crippen molar-refractivity contribution in [3.8, 4) is 0 Å². The van der Waals surface area contributed by atoms with Crippen LogP contribution in [0.1, 0.15) is 33.3 Å². The van der Waals surface area contributed by atoms with Crippen molar-refractivity contribution >= 4 is 34.2 Å². The number of hydrogen-bond acceptors (Lipinski definition) is 2. The lowest BCUT2D eigenvalue weighted by Crippen LogP contribution is -2.49. The van der Waals surface area contributed by atoms with E-state index in [1.54, 1.807) is 0 Å². The average molecular weight is 350 g/mol. The van der Waals surface area contributed by atoms with Gasteiger partial charge in [-0.1, -0.05) is 28.1 Å². The van der Waals surface area contributed by atoms with E-state index in [2.05, 4.69) is 21.2 Å². The highest BCUT2D eigenvalue weighted by Crippen LogP contribution is 2.25. The number of carbonyl (C=O) groups excluding carboxylic acids is 1. The number of carbonyl (C=O) groups is 1. The third kappa shape index (κ3) is 5.51. The Morgan fingerprint density at radius 1 is 1.21 bits per heavy atom. The molecular formula is C14H22BrClN2O. The van der Waals surface area contributed by atoms with Crippen LogP contribution in [0.5, 0.6) is 0 Å². The topological polar surface area (TPSA) is 55.1 Å². The Hall–Kier alpha value is -0.580. The standard InChI is InChI=1S/C14H21BrN2O.ClH/c1-13(2,16)9-17-12(18)14(3,4)10-5-7-11(15)8-6-10;/h5-8H,9,16H2,1-4H3,(H,17,18);1H. The zero-order valence-electron chi connectivity index (χ0n) is 11.8. The Kier molecular flexibility index (Phi) is 6.52. The Bertz CT molecular complexity index is 424. The van der Waals surface area contributed by atoms with Gasteiger partial charge >= 0.3 is 0 Å².